The van der Waals surface area contributed by atoms with E-state index in [1.807, 2.05) is 7.05 Å². The van der Waals surface area contributed by atoms with Crippen LogP contribution in [0.4, 0.5) is 0 Å². The lowest BCUT2D eigenvalue weighted by molar-refractivity contribution is 0.139. The topological polar surface area (TPSA) is 34.1 Å². The summed E-state index contributed by atoms with van der Waals surface area (Å²) in [6.07, 6.45) is 8.54. The Balaban J connectivity index is 0.00000243. The second-order valence-corrected chi connectivity index (χ2v) is 8.87. The molecule has 2 saturated heterocycles. The molecule has 152 valence electrons. The summed E-state index contributed by atoms with van der Waals surface area (Å²) in [7, 11) is 4.17. The maximum absolute atomic E-state index is 4.59. The van der Waals surface area contributed by atoms with Gasteiger partial charge in [0, 0.05) is 59.4 Å². The molecule has 1 unspecified atom stereocenters. The molecule has 1 N–H and O–H groups in total. The van der Waals surface area contributed by atoms with Gasteiger partial charge in [-0.25, -0.2) is 0 Å². The minimum Gasteiger partial charge on any atom is -0.356 e. The van der Waals surface area contributed by atoms with Gasteiger partial charge in [0.05, 0.1) is 0 Å². The van der Waals surface area contributed by atoms with Crippen molar-refractivity contribution in [3.63, 3.8) is 0 Å². The molecule has 26 heavy (non-hydrogen) atoms. The van der Waals surface area contributed by atoms with Crippen molar-refractivity contribution in [3.8, 4) is 0 Å². The first-order chi connectivity index (χ1) is 12.1. The molecule has 0 radical (unpaired) electrons. The van der Waals surface area contributed by atoms with Crippen LogP contribution in [-0.4, -0.2) is 87.1 Å². The van der Waals surface area contributed by atoms with Crippen molar-refractivity contribution in [1.82, 2.24) is 20.0 Å². The van der Waals surface area contributed by atoms with Crippen molar-refractivity contribution in [3.05, 3.63) is 0 Å². The van der Waals surface area contributed by atoms with Gasteiger partial charge in [0.1, 0.15) is 0 Å². The highest BCUT2D eigenvalue weighted by molar-refractivity contribution is 14.0. The van der Waals surface area contributed by atoms with Crippen molar-refractivity contribution in [1.29, 1.82) is 0 Å². The first-order valence-electron chi connectivity index (χ1n) is 10.5. The summed E-state index contributed by atoms with van der Waals surface area (Å²) in [6, 6.07) is 0. The van der Waals surface area contributed by atoms with Crippen LogP contribution in [0.5, 0.6) is 0 Å². The third-order valence-electron chi connectivity index (χ3n) is 6.64. The van der Waals surface area contributed by atoms with Crippen LogP contribution in [0.15, 0.2) is 4.99 Å². The summed E-state index contributed by atoms with van der Waals surface area (Å²) in [5.74, 6) is 1.79. The maximum Gasteiger partial charge on any atom is 0.193 e. The zero-order valence-corrected chi connectivity index (χ0v) is 19.5. The van der Waals surface area contributed by atoms with Gasteiger partial charge in [0.2, 0.25) is 0 Å². The largest absolute Gasteiger partial charge is 0.356 e. The number of guanidine groups is 1. The fourth-order valence-electron chi connectivity index (χ4n) is 4.96. The van der Waals surface area contributed by atoms with Crippen LogP contribution in [0.3, 0.4) is 0 Å². The lowest BCUT2D eigenvalue weighted by Gasteiger charge is -2.35. The number of hydrogen-bond donors (Lipinski definition) is 1. The fraction of sp³-hybridized carbons (Fsp3) is 0.950. The van der Waals surface area contributed by atoms with E-state index in [4.69, 9.17) is 0 Å². The Kier molecular flexibility index (Phi) is 8.94. The molecule has 6 heteroatoms. The Morgan fingerprint density at radius 3 is 2.38 bits per heavy atom. The molecular formula is C20H40IN5. The second-order valence-electron chi connectivity index (χ2n) is 8.87. The molecule has 1 spiro atoms. The molecule has 3 aliphatic rings. The molecule has 3 fully saturated rings. The van der Waals surface area contributed by atoms with Gasteiger partial charge in [-0.05, 0) is 37.6 Å². The number of likely N-dealkylation sites (N-methyl/N-ethyl adjacent to an activating group) is 1. The van der Waals surface area contributed by atoms with Crippen LogP contribution in [0, 0.1) is 11.3 Å². The Morgan fingerprint density at radius 1 is 1.04 bits per heavy atom. The number of nitrogens with one attached hydrogen (secondary N) is 1. The van der Waals surface area contributed by atoms with Crippen molar-refractivity contribution in [2.75, 3.05) is 66.5 Å². The summed E-state index contributed by atoms with van der Waals surface area (Å²) >= 11 is 0. The van der Waals surface area contributed by atoms with Gasteiger partial charge in [-0.2, -0.15) is 0 Å². The minimum atomic E-state index is 0. The third kappa shape index (κ3) is 5.96. The van der Waals surface area contributed by atoms with Crippen LogP contribution in [0.2, 0.25) is 0 Å². The summed E-state index contributed by atoms with van der Waals surface area (Å²) in [5, 5.41) is 3.67. The van der Waals surface area contributed by atoms with Crippen LogP contribution in [0.1, 0.15) is 45.4 Å². The lowest BCUT2D eigenvalue weighted by atomic mass is 9.73. The highest BCUT2D eigenvalue weighted by Crippen LogP contribution is 2.43. The molecule has 0 aromatic rings. The Hall–Kier alpha value is -0.0800. The van der Waals surface area contributed by atoms with E-state index in [9.17, 15) is 0 Å². The average molecular weight is 477 g/mol. The zero-order chi connectivity index (χ0) is 17.7. The number of halogens is 1. The molecule has 3 rings (SSSR count). The van der Waals surface area contributed by atoms with E-state index in [1.165, 1.54) is 84.3 Å². The molecule has 0 bridgehead atoms. The normalized spacial score (nSPS) is 26.0. The van der Waals surface area contributed by atoms with Gasteiger partial charge in [0.15, 0.2) is 5.96 Å². The monoisotopic (exact) mass is 477 g/mol. The quantitative estimate of drug-likeness (QED) is 0.384. The van der Waals surface area contributed by atoms with Gasteiger partial charge in [-0.1, -0.05) is 26.2 Å². The Bertz CT molecular complexity index is 441. The number of likely N-dealkylation sites (tertiary alicyclic amines) is 1. The molecule has 0 aromatic carbocycles. The molecule has 0 amide bonds. The minimum absolute atomic E-state index is 0. The standard InChI is InChI=1S/C20H39N5.HI/c1-18(16-24-13-11-23(3)12-14-24)15-22-19(21-2)25-10-9-20(17-25)7-5-4-6-8-20;/h18H,4-17H2,1-3H3,(H,21,22);1H. The predicted molar refractivity (Wildman–Crippen MR) is 122 cm³/mol. The molecule has 2 aliphatic heterocycles. The lowest BCUT2D eigenvalue weighted by Crippen LogP contribution is -2.48. The van der Waals surface area contributed by atoms with E-state index in [-0.39, 0.29) is 24.0 Å². The van der Waals surface area contributed by atoms with Gasteiger partial charge < -0.3 is 20.0 Å². The highest BCUT2D eigenvalue weighted by atomic mass is 127. The highest BCUT2D eigenvalue weighted by Gasteiger charge is 2.39. The van der Waals surface area contributed by atoms with E-state index < -0.39 is 0 Å². The summed E-state index contributed by atoms with van der Waals surface area (Å²) in [6.45, 7) is 11.8. The molecule has 1 aliphatic carbocycles. The smallest absolute Gasteiger partial charge is 0.193 e. The third-order valence-corrected chi connectivity index (χ3v) is 6.64. The molecule has 1 atom stereocenters. The Labute approximate surface area is 178 Å². The van der Waals surface area contributed by atoms with E-state index >= 15 is 0 Å². The van der Waals surface area contributed by atoms with Crippen molar-refractivity contribution in [2.45, 2.75) is 45.4 Å². The van der Waals surface area contributed by atoms with Crippen molar-refractivity contribution in [2.24, 2.45) is 16.3 Å². The van der Waals surface area contributed by atoms with Gasteiger partial charge in [0.25, 0.3) is 0 Å². The van der Waals surface area contributed by atoms with E-state index in [0.29, 0.717) is 11.3 Å². The van der Waals surface area contributed by atoms with Gasteiger partial charge in [-0.3, -0.25) is 4.99 Å². The predicted octanol–water partition coefficient (Wildman–Crippen LogP) is 2.72. The number of piperazine rings is 1. The molecule has 1 saturated carbocycles. The number of rotatable bonds is 4. The van der Waals surface area contributed by atoms with Crippen molar-refractivity contribution >= 4 is 29.9 Å². The maximum atomic E-state index is 4.59. The first-order valence-corrected chi connectivity index (χ1v) is 10.5. The van der Waals surface area contributed by atoms with Crippen LogP contribution < -0.4 is 5.32 Å². The van der Waals surface area contributed by atoms with Crippen LogP contribution >= 0.6 is 24.0 Å². The number of hydrogen-bond acceptors (Lipinski definition) is 3. The molecular weight excluding hydrogens is 437 g/mol. The average Bonchev–Trinajstić information content (AvgIpc) is 3.01. The summed E-state index contributed by atoms with van der Waals surface area (Å²) in [4.78, 5) is 12.1. The summed E-state index contributed by atoms with van der Waals surface area (Å²) < 4.78 is 0. The zero-order valence-electron chi connectivity index (χ0n) is 17.2. The second kappa shape index (κ2) is 10.5. The Morgan fingerprint density at radius 2 is 1.73 bits per heavy atom. The summed E-state index contributed by atoms with van der Waals surface area (Å²) in [5.41, 5.74) is 0.599. The van der Waals surface area contributed by atoms with Crippen LogP contribution in [-0.2, 0) is 0 Å². The number of nitrogens with zero attached hydrogens (tertiary/aromatic N) is 4. The molecule has 5 nitrogen and oxygen atoms in total. The van der Waals surface area contributed by atoms with Crippen LogP contribution in [0.25, 0.3) is 0 Å². The van der Waals surface area contributed by atoms with Crippen molar-refractivity contribution < 1.29 is 0 Å². The molecule has 2 heterocycles. The molecule has 0 aromatic heterocycles. The fourth-order valence-corrected chi connectivity index (χ4v) is 4.96. The van der Waals surface area contributed by atoms with E-state index in [2.05, 4.69) is 39.0 Å². The van der Waals surface area contributed by atoms with E-state index in [1.54, 1.807) is 0 Å². The van der Waals surface area contributed by atoms with Gasteiger partial charge >= 0.3 is 0 Å². The van der Waals surface area contributed by atoms with Gasteiger partial charge in [-0.15, -0.1) is 24.0 Å². The SMILES string of the molecule is CN=C(NCC(C)CN1CCN(C)CC1)N1CCC2(CCCCC2)C1.I. The van der Waals surface area contributed by atoms with E-state index in [0.717, 1.165) is 12.5 Å². The number of aliphatic imine (C=N–C) groups is 1. The first kappa shape index (κ1) is 22.2.